The minimum atomic E-state index is -0.380. The molecule has 182 valence electrons. The maximum absolute atomic E-state index is 11.2. The smallest absolute Gasteiger partial charge is 0.271 e. The zero-order valence-corrected chi connectivity index (χ0v) is 21.4. The van der Waals surface area contributed by atoms with E-state index in [2.05, 4.69) is 50.8 Å². The van der Waals surface area contributed by atoms with Gasteiger partial charge in [-0.1, -0.05) is 48.5 Å². The molecule has 6 aromatic rings. The van der Waals surface area contributed by atoms with Crippen molar-refractivity contribution in [1.82, 2.24) is 9.97 Å². The molecule has 9 heteroatoms. The van der Waals surface area contributed by atoms with Gasteiger partial charge in [0.15, 0.2) is 0 Å². The molecule has 2 N–H and O–H groups in total. The van der Waals surface area contributed by atoms with Crippen LogP contribution >= 0.6 is 22.6 Å². The van der Waals surface area contributed by atoms with Gasteiger partial charge in [-0.3, -0.25) is 20.2 Å². The lowest BCUT2D eigenvalue weighted by Crippen LogP contribution is -1.90. The third kappa shape index (κ3) is 5.07. The quantitative estimate of drug-likeness (QED) is 0.120. The molecule has 0 radical (unpaired) electrons. The number of fused-ring (bicyclic) bond motifs is 2. The Kier molecular flexibility index (Phi) is 6.69. The van der Waals surface area contributed by atoms with Crippen molar-refractivity contribution in [2.45, 2.75) is 0 Å². The van der Waals surface area contributed by atoms with Gasteiger partial charge in [0.05, 0.1) is 20.9 Å². The Bertz CT molecular complexity index is 1760. The lowest BCUT2D eigenvalue weighted by Gasteiger charge is -2.08. The first-order chi connectivity index (χ1) is 17.9. The maximum atomic E-state index is 11.2. The second kappa shape index (κ2) is 10.2. The van der Waals surface area contributed by atoms with E-state index in [1.54, 1.807) is 36.7 Å². The third-order valence-electron chi connectivity index (χ3n) is 5.94. The summed E-state index contributed by atoms with van der Waals surface area (Å²) >= 11 is 2.08. The number of nitrogens with zero attached hydrogens (tertiary/aromatic N) is 2. The van der Waals surface area contributed by atoms with Crippen molar-refractivity contribution in [3.63, 3.8) is 0 Å². The standard InChI is InChI=1S/C20H14N2O2.C8H5IN2O2/c23-22(24)18-12-17-9-10-21-20(17)19(13-18)16-8-4-7-15(11-16)14-5-2-1-3-6-14;9-7-4-6(11(12)13)3-5-1-2-10-8(5)7/h1-13,21H;1-4,10H. The molecule has 0 aliphatic carbocycles. The van der Waals surface area contributed by atoms with Crippen LogP contribution < -0.4 is 0 Å². The molecule has 0 bridgehead atoms. The number of hydrogen-bond acceptors (Lipinski definition) is 4. The van der Waals surface area contributed by atoms with Crippen molar-refractivity contribution in [2.75, 3.05) is 0 Å². The summed E-state index contributed by atoms with van der Waals surface area (Å²) in [5, 5.41) is 23.5. The number of hydrogen-bond donors (Lipinski definition) is 2. The average Bonchev–Trinajstić information content (AvgIpc) is 3.59. The summed E-state index contributed by atoms with van der Waals surface area (Å²) in [6.45, 7) is 0. The van der Waals surface area contributed by atoms with Gasteiger partial charge in [-0.2, -0.15) is 0 Å². The highest BCUT2D eigenvalue weighted by Crippen LogP contribution is 2.34. The van der Waals surface area contributed by atoms with Gasteiger partial charge in [0, 0.05) is 56.6 Å². The molecule has 2 aromatic heterocycles. The molecule has 0 atom stereocenters. The van der Waals surface area contributed by atoms with Crippen molar-refractivity contribution in [2.24, 2.45) is 0 Å². The monoisotopic (exact) mass is 602 g/mol. The van der Waals surface area contributed by atoms with Crippen LogP contribution in [-0.4, -0.2) is 19.8 Å². The molecule has 0 saturated heterocycles. The summed E-state index contributed by atoms with van der Waals surface area (Å²) in [4.78, 5) is 27.2. The summed E-state index contributed by atoms with van der Waals surface area (Å²) < 4.78 is 0.867. The van der Waals surface area contributed by atoms with Gasteiger partial charge in [-0.15, -0.1) is 0 Å². The lowest BCUT2D eigenvalue weighted by atomic mass is 9.97. The van der Waals surface area contributed by atoms with E-state index in [1.807, 2.05) is 48.5 Å². The predicted molar refractivity (Wildman–Crippen MR) is 153 cm³/mol. The second-order valence-electron chi connectivity index (χ2n) is 8.27. The van der Waals surface area contributed by atoms with Gasteiger partial charge in [0.25, 0.3) is 11.4 Å². The van der Waals surface area contributed by atoms with E-state index >= 15 is 0 Å². The van der Waals surface area contributed by atoms with Gasteiger partial charge in [-0.05, 0) is 57.5 Å². The molecule has 6 rings (SSSR count). The highest BCUT2D eigenvalue weighted by atomic mass is 127. The van der Waals surface area contributed by atoms with Crippen LogP contribution in [0.1, 0.15) is 0 Å². The Balaban J connectivity index is 0.000000182. The van der Waals surface area contributed by atoms with Crippen LogP contribution in [0.5, 0.6) is 0 Å². The van der Waals surface area contributed by atoms with Crippen LogP contribution in [0.3, 0.4) is 0 Å². The summed E-state index contributed by atoms with van der Waals surface area (Å²) in [6, 6.07) is 28.2. The number of halogens is 1. The molecule has 0 aliphatic heterocycles. The predicted octanol–water partition coefficient (Wildman–Crippen LogP) is 8.09. The average molecular weight is 602 g/mol. The van der Waals surface area contributed by atoms with Crippen LogP contribution in [0.4, 0.5) is 11.4 Å². The number of aromatic nitrogens is 2. The fourth-order valence-electron chi connectivity index (χ4n) is 4.20. The van der Waals surface area contributed by atoms with Gasteiger partial charge < -0.3 is 9.97 Å². The van der Waals surface area contributed by atoms with E-state index in [1.165, 1.54) is 0 Å². The molecular weight excluding hydrogens is 583 g/mol. The van der Waals surface area contributed by atoms with Crippen LogP contribution in [-0.2, 0) is 0 Å². The fourth-order valence-corrected chi connectivity index (χ4v) is 4.99. The zero-order chi connectivity index (χ0) is 25.9. The highest BCUT2D eigenvalue weighted by Gasteiger charge is 2.14. The molecule has 0 aliphatic rings. The molecule has 0 saturated carbocycles. The number of non-ortho nitro benzene ring substituents is 2. The van der Waals surface area contributed by atoms with Crippen LogP contribution in [0.2, 0.25) is 0 Å². The van der Waals surface area contributed by atoms with Crippen molar-refractivity contribution in [3.8, 4) is 22.3 Å². The Labute approximate surface area is 224 Å². The summed E-state index contributed by atoms with van der Waals surface area (Å²) in [6.07, 6.45) is 3.58. The van der Waals surface area contributed by atoms with Crippen LogP contribution in [0.25, 0.3) is 44.1 Å². The van der Waals surface area contributed by atoms with E-state index in [0.29, 0.717) is 0 Å². The van der Waals surface area contributed by atoms with Crippen molar-refractivity contribution in [3.05, 3.63) is 127 Å². The van der Waals surface area contributed by atoms with E-state index in [-0.39, 0.29) is 21.2 Å². The van der Waals surface area contributed by atoms with E-state index in [9.17, 15) is 20.2 Å². The van der Waals surface area contributed by atoms with Gasteiger partial charge >= 0.3 is 0 Å². The second-order valence-corrected chi connectivity index (χ2v) is 9.43. The van der Waals surface area contributed by atoms with E-state index < -0.39 is 0 Å². The maximum Gasteiger partial charge on any atom is 0.271 e. The van der Waals surface area contributed by atoms with Crippen molar-refractivity contribution < 1.29 is 9.85 Å². The number of nitro groups is 2. The number of nitro benzene ring substituents is 2. The molecule has 2 heterocycles. The number of aromatic amines is 2. The number of H-pyrrole nitrogens is 2. The molecular formula is C28H19IN4O4. The SMILES string of the molecule is O=[N+]([O-])c1cc(-c2cccc(-c3ccccc3)c2)c2[nH]ccc2c1.O=[N+]([O-])c1cc(I)c2[nH]ccc2c1. The lowest BCUT2D eigenvalue weighted by molar-refractivity contribution is -0.384. The first kappa shape index (κ1) is 24.2. The largest absolute Gasteiger partial charge is 0.361 e. The van der Waals surface area contributed by atoms with Crippen LogP contribution in [0, 0.1) is 23.8 Å². The van der Waals surface area contributed by atoms with Gasteiger partial charge in [0.2, 0.25) is 0 Å². The van der Waals surface area contributed by atoms with Crippen molar-refractivity contribution >= 4 is 55.8 Å². The third-order valence-corrected chi connectivity index (χ3v) is 6.79. The summed E-state index contributed by atoms with van der Waals surface area (Å²) in [5.41, 5.74) is 6.08. The van der Waals surface area contributed by atoms with Crippen molar-refractivity contribution in [1.29, 1.82) is 0 Å². The van der Waals surface area contributed by atoms with E-state index in [4.69, 9.17) is 0 Å². The number of rotatable bonds is 4. The Hall–Kier alpha value is -4.51. The minimum Gasteiger partial charge on any atom is -0.361 e. The molecule has 37 heavy (non-hydrogen) atoms. The minimum absolute atomic E-state index is 0.0993. The highest BCUT2D eigenvalue weighted by molar-refractivity contribution is 14.1. The molecule has 8 nitrogen and oxygen atoms in total. The first-order valence-corrected chi connectivity index (χ1v) is 12.3. The summed E-state index contributed by atoms with van der Waals surface area (Å²) in [7, 11) is 0. The fraction of sp³-hybridized carbons (Fsp3) is 0. The normalized spacial score (nSPS) is 10.7. The molecule has 0 amide bonds. The molecule has 0 unspecified atom stereocenters. The number of nitrogens with one attached hydrogen (secondary N) is 2. The molecule has 0 fully saturated rings. The first-order valence-electron chi connectivity index (χ1n) is 11.2. The molecule has 4 aromatic carbocycles. The number of benzene rings is 4. The topological polar surface area (TPSA) is 118 Å². The van der Waals surface area contributed by atoms with Gasteiger partial charge in [0.1, 0.15) is 0 Å². The van der Waals surface area contributed by atoms with Crippen LogP contribution in [0.15, 0.2) is 103 Å². The van der Waals surface area contributed by atoms with E-state index in [0.717, 1.165) is 47.6 Å². The molecule has 0 spiro atoms. The zero-order valence-electron chi connectivity index (χ0n) is 19.2. The summed E-state index contributed by atoms with van der Waals surface area (Å²) in [5.74, 6) is 0. The Morgan fingerprint density at radius 2 is 1.16 bits per heavy atom. The Morgan fingerprint density at radius 3 is 1.84 bits per heavy atom. The van der Waals surface area contributed by atoms with Gasteiger partial charge in [-0.25, -0.2) is 0 Å². The Morgan fingerprint density at radius 1 is 0.595 bits per heavy atom.